The molecule has 0 amide bonds. The Morgan fingerprint density at radius 2 is 2.47 bits per heavy atom. The summed E-state index contributed by atoms with van der Waals surface area (Å²) in [5.74, 6) is 1.13. The number of pyridine rings is 1. The van der Waals surface area contributed by atoms with E-state index < -0.39 is 0 Å². The van der Waals surface area contributed by atoms with E-state index in [1.165, 1.54) is 5.56 Å². The molecule has 17 heavy (non-hydrogen) atoms. The highest BCUT2D eigenvalue weighted by Gasteiger charge is 2.22. The van der Waals surface area contributed by atoms with Gasteiger partial charge in [0.25, 0.3) is 0 Å². The third-order valence-electron chi connectivity index (χ3n) is 3.24. The summed E-state index contributed by atoms with van der Waals surface area (Å²) in [6.07, 6.45) is 5.78. The fourth-order valence-electron chi connectivity index (χ4n) is 2.33. The summed E-state index contributed by atoms with van der Waals surface area (Å²) >= 11 is 0. The van der Waals surface area contributed by atoms with Gasteiger partial charge in [-0.25, -0.2) is 4.68 Å². The van der Waals surface area contributed by atoms with Gasteiger partial charge in [-0.1, -0.05) is 13.0 Å². The van der Waals surface area contributed by atoms with Gasteiger partial charge in [-0.15, -0.1) is 0 Å². The van der Waals surface area contributed by atoms with Crippen LogP contribution in [0.5, 0.6) is 0 Å². The van der Waals surface area contributed by atoms with Crippen molar-refractivity contribution in [1.82, 2.24) is 14.8 Å². The second kappa shape index (κ2) is 4.20. The van der Waals surface area contributed by atoms with E-state index >= 15 is 0 Å². The number of hydrogen-bond acceptors (Lipinski definition) is 3. The monoisotopic (exact) mass is 228 g/mol. The third-order valence-corrected chi connectivity index (χ3v) is 3.24. The van der Waals surface area contributed by atoms with Crippen LogP contribution in [-0.2, 0) is 6.42 Å². The molecule has 1 unspecified atom stereocenters. The lowest BCUT2D eigenvalue weighted by Gasteiger charge is -2.25. The lowest BCUT2D eigenvalue weighted by molar-refractivity contribution is 0.477. The van der Waals surface area contributed by atoms with Crippen molar-refractivity contribution in [2.45, 2.75) is 25.8 Å². The number of anilines is 1. The molecule has 0 saturated carbocycles. The Kier molecular flexibility index (Phi) is 2.55. The van der Waals surface area contributed by atoms with Gasteiger partial charge in [0.2, 0.25) is 0 Å². The molecular weight excluding hydrogens is 212 g/mol. The fourth-order valence-corrected chi connectivity index (χ4v) is 2.33. The molecule has 2 aromatic rings. The van der Waals surface area contributed by atoms with Crippen molar-refractivity contribution in [2.75, 3.05) is 11.9 Å². The zero-order valence-electron chi connectivity index (χ0n) is 9.93. The molecule has 0 radical (unpaired) electrons. The van der Waals surface area contributed by atoms with Crippen LogP contribution in [0, 0.1) is 0 Å². The number of fused-ring (bicyclic) bond motifs is 1. The van der Waals surface area contributed by atoms with Crippen molar-refractivity contribution in [1.29, 1.82) is 0 Å². The lowest BCUT2D eigenvalue weighted by atomic mass is 10.0. The fraction of sp³-hybridized carbons (Fsp3) is 0.385. The normalized spacial score (nSPS) is 18.5. The summed E-state index contributed by atoms with van der Waals surface area (Å²) in [6.45, 7) is 3.13. The standard InChI is InChI=1S/C13H16N4/c1-2-11-8-13-15-7-5-12(17(13)16-11)10-4-3-6-14-9-10/h3-4,6,8-9,12,15H,2,5,7H2,1H3. The molecule has 0 spiro atoms. The van der Waals surface area contributed by atoms with E-state index in [0.717, 1.165) is 30.9 Å². The van der Waals surface area contributed by atoms with Crippen molar-refractivity contribution in [3.05, 3.63) is 41.9 Å². The molecule has 3 rings (SSSR count). The highest BCUT2D eigenvalue weighted by molar-refractivity contribution is 5.41. The van der Waals surface area contributed by atoms with E-state index in [-0.39, 0.29) is 0 Å². The van der Waals surface area contributed by atoms with E-state index in [9.17, 15) is 0 Å². The first-order valence-electron chi connectivity index (χ1n) is 6.10. The molecule has 4 nitrogen and oxygen atoms in total. The minimum absolute atomic E-state index is 0.320. The van der Waals surface area contributed by atoms with Crippen LogP contribution in [0.3, 0.4) is 0 Å². The van der Waals surface area contributed by atoms with Crippen molar-refractivity contribution >= 4 is 5.82 Å². The average molecular weight is 228 g/mol. The maximum Gasteiger partial charge on any atom is 0.125 e. The number of aryl methyl sites for hydroxylation is 1. The molecule has 4 heteroatoms. The zero-order valence-corrected chi connectivity index (χ0v) is 9.93. The van der Waals surface area contributed by atoms with Crippen LogP contribution >= 0.6 is 0 Å². The second-order valence-corrected chi connectivity index (χ2v) is 4.34. The Morgan fingerprint density at radius 3 is 3.24 bits per heavy atom. The first-order chi connectivity index (χ1) is 8.38. The smallest absolute Gasteiger partial charge is 0.125 e. The predicted molar refractivity (Wildman–Crippen MR) is 67.1 cm³/mol. The molecule has 1 aliphatic heterocycles. The minimum Gasteiger partial charge on any atom is -0.370 e. The Hall–Kier alpha value is -1.84. The van der Waals surface area contributed by atoms with Crippen LogP contribution in [0.25, 0.3) is 0 Å². The molecule has 2 aromatic heterocycles. The van der Waals surface area contributed by atoms with Crippen LogP contribution in [0.4, 0.5) is 5.82 Å². The van der Waals surface area contributed by atoms with Crippen molar-refractivity contribution in [3.8, 4) is 0 Å². The number of nitrogens with zero attached hydrogens (tertiary/aromatic N) is 3. The van der Waals surface area contributed by atoms with Gasteiger partial charge in [-0.05, 0) is 24.5 Å². The number of aromatic nitrogens is 3. The van der Waals surface area contributed by atoms with Crippen molar-refractivity contribution < 1.29 is 0 Å². The minimum atomic E-state index is 0.320. The predicted octanol–water partition coefficient (Wildman–Crippen LogP) is 2.25. The highest BCUT2D eigenvalue weighted by Crippen LogP contribution is 2.29. The SMILES string of the molecule is CCc1cc2n(n1)C(c1cccnc1)CCN2. The van der Waals surface area contributed by atoms with Crippen LogP contribution in [0.15, 0.2) is 30.6 Å². The summed E-state index contributed by atoms with van der Waals surface area (Å²) in [5.41, 5.74) is 2.38. The molecule has 3 heterocycles. The van der Waals surface area contributed by atoms with Crippen LogP contribution in [0.1, 0.15) is 30.6 Å². The summed E-state index contributed by atoms with van der Waals surface area (Å²) < 4.78 is 2.10. The summed E-state index contributed by atoms with van der Waals surface area (Å²) in [5, 5.41) is 8.05. The van der Waals surface area contributed by atoms with Crippen molar-refractivity contribution in [3.63, 3.8) is 0 Å². The molecule has 0 saturated heterocycles. The van der Waals surface area contributed by atoms with Gasteiger partial charge in [0.1, 0.15) is 5.82 Å². The molecule has 0 bridgehead atoms. The zero-order chi connectivity index (χ0) is 11.7. The Labute approximate surface area is 101 Å². The van der Waals surface area contributed by atoms with Gasteiger partial charge in [0.15, 0.2) is 0 Å². The van der Waals surface area contributed by atoms with Gasteiger partial charge < -0.3 is 5.32 Å². The summed E-state index contributed by atoms with van der Waals surface area (Å²) in [7, 11) is 0. The second-order valence-electron chi connectivity index (χ2n) is 4.34. The maximum absolute atomic E-state index is 4.65. The molecule has 1 N–H and O–H groups in total. The van der Waals surface area contributed by atoms with Gasteiger partial charge in [-0.2, -0.15) is 5.10 Å². The number of hydrogen-bond donors (Lipinski definition) is 1. The van der Waals surface area contributed by atoms with E-state index in [1.54, 1.807) is 0 Å². The first-order valence-corrected chi connectivity index (χ1v) is 6.10. The van der Waals surface area contributed by atoms with Gasteiger partial charge in [0, 0.05) is 25.0 Å². The molecule has 0 aliphatic carbocycles. The van der Waals surface area contributed by atoms with Gasteiger partial charge >= 0.3 is 0 Å². The van der Waals surface area contributed by atoms with Crippen LogP contribution in [0.2, 0.25) is 0 Å². The summed E-state index contributed by atoms with van der Waals surface area (Å²) in [6, 6.07) is 6.57. The first kappa shape index (κ1) is 10.3. The highest BCUT2D eigenvalue weighted by atomic mass is 15.4. The van der Waals surface area contributed by atoms with Gasteiger partial charge in [0.05, 0.1) is 11.7 Å². The Balaban J connectivity index is 2.02. The van der Waals surface area contributed by atoms with E-state index in [2.05, 4.69) is 39.1 Å². The van der Waals surface area contributed by atoms with E-state index in [1.807, 2.05) is 18.5 Å². The van der Waals surface area contributed by atoms with Crippen LogP contribution < -0.4 is 5.32 Å². The lowest BCUT2D eigenvalue weighted by Crippen LogP contribution is -2.24. The van der Waals surface area contributed by atoms with E-state index in [0.29, 0.717) is 6.04 Å². The maximum atomic E-state index is 4.65. The van der Waals surface area contributed by atoms with E-state index in [4.69, 9.17) is 0 Å². The molecular formula is C13H16N4. The van der Waals surface area contributed by atoms with Gasteiger partial charge in [-0.3, -0.25) is 4.98 Å². The van der Waals surface area contributed by atoms with Crippen LogP contribution in [-0.4, -0.2) is 21.3 Å². The number of rotatable bonds is 2. The molecule has 1 aliphatic rings. The third kappa shape index (κ3) is 1.79. The molecule has 1 atom stereocenters. The Bertz CT molecular complexity index is 503. The quantitative estimate of drug-likeness (QED) is 0.857. The molecule has 0 fully saturated rings. The summed E-state index contributed by atoms with van der Waals surface area (Å²) in [4.78, 5) is 4.20. The van der Waals surface area contributed by atoms with Crippen molar-refractivity contribution in [2.24, 2.45) is 0 Å². The average Bonchev–Trinajstić information content (AvgIpc) is 2.82. The number of nitrogens with one attached hydrogen (secondary N) is 1. The molecule has 88 valence electrons. The largest absolute Gasteiger partial charge is 0.370 e. The molecule has 0 aromatic carbocycles. The Morgan fingerprint density at radius 1 is 1.53 bits per heavy atom. The topological polar surface area (TPSA) is 42.7 Å².